The van der Waals surface area contributed by atoms with Crippen molar-refractivity contribution in [2.75, 3.05) is 5.32 Å². The molecule has 0 aliphatic rings. The second kappa shape index (κ2) is 6.56. The fraction of sp³-hybridized carbons (Fsp3) is 0.235. The Kier molecular flexibility index (Phi) is 4.75. The summed E-state index contributed by atoms with van der Waals surface area (Å²) in [6.07, 6.45) is -0.814. The molecule has 0 aliphatic heterocycles. The Morgan fingerprint density at radius 1 is 1.14 bits per heavy atom. The van der Waals surface area contributed by atoms with Crippen LogP contribution in [0, 0.1) is 25.5 Å². The third-order valence-corrected chi connectivity index (χ3v) is 3.19. The van der Waals surface area contributed by atoms with Crippen LogP contribution in [0.3, 0.4) is 0 Å². The smallest absolute Gasteiger partial charge is 0.265 e. The van der Waals surface area contributed by atoms with Crippen molar-refractivity contribution < 1.29 is 18.3 Å². The maximum atomic E-state index is 13.5. The molecule has 0 radical (unpaired) electrons. The van der Waals surface area contributed by atoms with E-state index in [0.29, 0.717) is 11.8 Å². The van der Waals surface area contributed by atoms with E-state index in [-0.39, 0.29) is 5.69 Å². The van der Waals surface area contributed by atoms with Crippen molar-refractivity contribution in [1.29, 1.82) is 0 Å². The molecule has 0 saturated heterocycles. The average molecular weight is 305 g/mol. The van der Waals surface area contributed by atoms with Crippen LogP contribution < -0.4 is 10.1 Å². The van der Waals surface area contributed by atoms with Gasteiger partial charge in [-0.2, -0.15) is 0 Å². The second-order valence-corrected chi connectivity index (χ2v) is 5.14. The lowest BCUT2D eigenvalue weighted by atomic mass is 10.1. The number of nitrogens with one attached hydrogen (secondary N) is 1. The van der Waals surface area contributed by atoms with E-state index in [1.807, 2.05) is 26.0 Å². The van der Waals surface area contributed by atoms with Crippen molar-refractivity contribution in [3.05, 3.63) is 59.2 Å². The number of amides is 1. The maximum absolute atomic E-state index is 13.5. The predicted molar refractivity (Wildman–Crippen MR) is 81.0 cm³/mol. The van der Waals surface area contributed by atoms with E-state index < -0.39 is 23.6 Å². The SMILES string of the molecule is Cc1ccc(O[C@H](C)C(=O)Nc2ccc(F)cc2F)c(C)c1. The second-order valence-electron chi connectivity index (χ2n) is 5.14. The van der Waals surface area contributed by atoms with Crippen LogP contribution in [0.25, 0.3) is 0 Å². The van der Waals surface area contributed by atoms with E-state index in [1.165, 1.54) is 6.07 Å². The van der Waals surface area contributed by atoms with Crippen molar-refractivity contribution in [3.63, 3.8) is 0 Å². The van der Waals surface area contributed by atoms with Gasteiger partial charge >= 0.3 is 0 Å². The van der Waals surface area contributed by atoms with Crippen LogP contribution in [-0.4, -0.2) is 12.0 Å². The summed E-state index contributed by atoms with van der Waals surface area (Å²) in [5.41, 5.74) is 1.92. The van der Waals surface area contributed by atoms with Gasteiger partial charge in [-0.25, -0.2) is 8.78 Å². The zero-order valence-electron chi connectivity index (χ0n) is 12.6. The molecule has 1 atom stereocenters. The molecule has 0 heterocycles. The molecule has 0 saturated carbocycles. The summed E-state index contributed by atoms with van der Waals surface area (Å²) in [5.74, 6) is -1.44. The first-order chi connectivity index (χ1) is 10.4. The number of anilines is 1. The van der Waals surface area contributed by atoms with E-state index in [1.54, 1.807) is 13.0 Å². The van der Waals surface area contributed by atoms with E-state index in [2.05, 4.69) is 5.32 Å². The highest BCUT2D eigenvalue weighted by Crippen LogP contribution is 2.21. The summed E-state index contributed by atoms with van der Waals surface area (Å²) in [4.78, 5) is 12.0. The number of rotatable bonds is 4. The molecule has 116 valence electrons. The third-order valence-electron chi connectivity index (χ3n) is 3.19. The summed E-state index contributed by atoms with van der Waals surface area (Å²) < 4.78 is 31.9. The normalized spacial score (nSPS) is 11.9. The molecule has 0 aliphatic carbocycles. The fourth-order valence-corrected chi connectivity index (χ4v) is 2.00. The van der Waals surface area contributed by atoms with Crippen molar-refractivity contribution >= 4 is 11.6 Å². The Bertz CT molecular complexity index is 701. The van der Waals surface area contributed by atoms with Gasteiger partial charge in [0, 0.05) is 6.07 Å². The molecule has 5 heteroatoms. The van der Waals surface area contributed by atoms with Gasteiger partial charge in [-0.15, -0.1) is 0 Å². The molecule has 1 N–H and O–H groups in total. The minimum Gasteiger partial charge on any atom is -0.481 e. The van der Waals surface area contributed by atoms with Gasteiger partial charge in [0.2, 0.25) is 0 Å². The van der Waals surface area contributed by atoms with Gasteiger partial charge in [0.05, 0.1) is 5.69 Å². The van der Waals surface area contributed by atoms with Crippen molar-refractivity contribution in [3.8, 4) is 5.75 Å². The molecule has 3 nitrogen and oxygen atoms in total. The summed E-state index contributed by atoms with van der Waals surface area (Å²) in [7, 11) is 0. The maximum Gasteiger partial charge on any atom is 0.265 e. The molecule has 2 aromatic rings. The quantitative estimate of drug-likeness (QED) is 0.927. The molecule has 0 bridgehead atoms. The largest absolute Gasteiger partial charge is 0.481 e. The molecular weight excluding hydrogens is 288 g/mol. The highest BCUT2D eigenvalue weighted by molar-refractivity contribution is 5.94. The number of carbonyl (C=O) groups is 1. The van der Waals surface area contributed by atoms with E-state index in [4.69, 9.17) is 4.74 Å². The average Bonchev–Trinajstić information content (AvgIpc) is 2.44. The lowest BCUT2D eigenvalue weighted by Crippen LogP contribution is -2.30. The van der Waals surface area contributed by atoms with Gasteiger partial charge in [-0.3, -0.25) is 4.79 Å². The first kappa shape index (κ1) is 15.9. The Morgan fingerprint density at radius 2 is 1.86 bits per heavy atom. The van der Waals surface area contributed by atoms with Crippen LogP contribution in [0.4, 0.5) is 14.5 Å². The van der Waals surface area contributed by atoms with Gasteiger partial charge in [-0.1, -0.05) is 17.7 Å². The van der Waals surface area contributed by atoms with Crippen molar-refractivity contribution in [2.24, 2.45) is 0 Å². The Hall–Kier alpha value is -2.43. The minimum atomic E-state index is -0.827. The summed E-state index contributed by atoms with van der Waals surface area (Å²) >= 11 is 0. The predicted octanol–water partition coefficient (Wildman–Crippen LogP) is 3.99. The van der Waals surface area contributed by atoms with Gasteiger partial charge in [0.1, 0.15) is 17.4 Å². The molecule has 2 rings (SSSR count). The third kappa shape index (κ3) is 3.81. The number of hydrogen-bond acceptors (Lipinski definition) is 2. The van der Waals surface area contributed by atoms with Gasteiger partial charge < -0.3 is 10.1 Å². The number of benzene rings is 2. The van der Waals surface area contributed by atoms with Crippen LogP contribution in [0.15, 0.2) is 36.4 Å². The zero-order chi connectivity index (χ0) is 16.3. The number of carbonyl (C=O) groups excluding carboxylic acids is 1. The minimum absolute atomic E-state index is 0.0810. The van der Waals surface area contributed by atoms with Crippen LogP contribution in [0.5, 0.6) is 5.75 Å². The lowest BCUT2D eigenvalue weighted by molar-refractivity contribution is -0.122. The zero-order valence-corrected chi connectivity index (χ0v) is 12.6. The van der Waals surface area contributed by atoms with Crippen LogP contribution >= 0.6 is 0 Å². The fourth-order valence-electron chi connectivity index (χ4n) is 2.00. The molecule has 22 heavy (non-hydrogen) atoms. The summed E-state index contributed by atoms with van der Waals surface area (Å²) in [6.45, 7) is 5.41. The number of hydrogen-bond donors (Lipinski definition) is 1. The van der Waals surface area contributed by atoms with E-state index >= 15 is 0 Å². The first-order valence-corrected chi connectivity index (χ1v) is 6.86. The molecule has 2 aromatic carbocycles. The molecule has 0 unspecified atom stereocenters. The van der Waals surface area contributed by atoms with Gasteiger partial charge in [0.25, 0.3) is 5.91 Å². The molecule has 0 fully saturated rings. The standard InChI is InChI=1S/C17H17F2NO2/c1-10-4-7-16(11(2)8-10)22-12(3)17(21)20-15-6-5-13(18)9-14(15)19/h4-9,12H,1-3H3,(H,20,21)/t12-/m1/s1. The monoisotopic (exact) mass is 305 g/mol. The lowest BCUT2D eigenvalue weighted by Gasteiger charge is -2.16. The number of aryl methyl sites for hydroxylation is 2. The molecule has 1 amide bonds. The van der Waals surface area contributed by atoms with Crippen LogP contribution in [0.1, 0.15) is 18.1 Å². The van der Waals surface area contributed by atoms with E-state index in [0.717, 1.165) is 17.2 Å². The highest BCUT2D eigenvalue weighted by atomic mass is 19.1. The highest BCUT2D eigenvalue weighted by Gasteiger charge is 2.17. The first-order valence-electron chi connectivity index (χ1n) is 6.86. The van der Waals surface area contributed by atoms with Gasteiger partial charge in [0.15, 0.2) is 6.10 Å². The topological polar surface area (TPSA) is 38.3 Å². The summed E-state index contributed by atoms with van der Waals surface area (Å²) in [5, 5.41) is 2.38. The Morgan fingerprint density at radius 3 is 2.50 bits per heavy atom. The number of ether oxygens (including phenoxy) is 1. The van der Waals surface area contributed by atoms with Crippen LogP contribution in [0.2, 0.25) is 0 Å². The summed E-state index contributed by atoms with van der Waals surface area (Å²) in [6, 6.07) is 8.57. The molecule has 0 aromatic heterocycles. The number of halogens is 2. The van der Waals surface area contributed by atoms with Crippen LogP contribution in [-0.2, 0) is 4.79 Å². The van der Waals surface area contributed by atoms with Crippen molar-refractivity contribution in [2.45, 2.75) is 26.9 Å². The molecule has 0 spiro atoms. The Labute approximate surface area is 127 Å². The van der Waals surface area contributed by atoms with Gasteiger partial charge in [-0.05, 0) is 44.5 Å². The Balaban J connectivity index is 2.05. The molecular formula is C17H17F2NO2. The van der Waals surface area contributed by atoms with Crippen molar-refractivity contribution in [1.82, 2.24) is 0 Å². The van der Waals surface area contributed by atoms with E-state index in [9.17, 15) is 13.6 Å².